The Balaban J connectivity index is 2.45. The Bertz CT molecular complexity index is 666. The summed E-state index contributed by atoms with van der Waals surface area (Å²) in [6.45, 7) is 0. The van der Waals surface area contributed by atoms with E-state index in [9.17, 15) is 4.79 Å². The Kier molecular flexibility index (Phi) is 1.80. The molecule has 3 rings (SSSR count). The van der Waals surface area contributed by atoms with Crippen LogP contribution in [0.3, 0.4) is 0 Å². The lowest BCUT2D eigenvalue weighted by Crippen LogP contribution is -2.31. The summed E-state index contributed by atoms with van der Waals surface area (Å²) in [5, 5.41) is 1.71. The molecule has 1 aromatic carbocycles. The molecule has 3 nitrogen and oxygen atoms in total. The number of nitrogens with two attached hydrogens (primary N) is 1. The molecular weight excluding hydrogens is 200 g/mol. The number of hydrogen-bond donors (Lipinski definition) is 1. The van der Waals surface area contributed by atoms with Gasteiger partial charge in [-0.25, -0.2) is 4.99 Å². The molecule has 1 aliphatic carbocycles. The fourth-order valence-electron chi connectivity index (χ4n) is 2.10. The van der Waals surface area contributed by atoms with Crippen LogP contribution in [0.25, 0.3) is 5.57 Å². The lowest BCUT2D eigenvalue weighted by molar-refractivity contribution is 0.0999. The molecule has 78 valence electrons. The van der Waals surface area contributed by atoms with Crippen LogP contribution in [0.4, 0.5) is 0 Å². The Hall–Kier alpha value is -2.16. The number of benzene rings is 1. The lowest BCUT2D eigenvalue weighted by atomic mass is 10.0. The van der Waals surface area contributed by atoms with E-state index in [-0.39, 0.29) is 0 Å². The maximum absolute atomic E-state index is 11.3. The van der Waals surface area contributed by atoms with E-state index in [1.54, 1.807) is 6.07 Å². The number of para-hydroxylation sites is 1. The molecule has 1 amide bonds. The van der Waals surface area contributed by atoms with Gasteiger partial charge in [0.1, 0.15) is 0 Å². The molecule has 0 radical (unpaired) electrons. The summed E-state index contributed by atoms with van der Waals surface area (Å²) in [6.07, 6.45) is 7.08. The molecule has 1 aliphatic heterocycles. The summed E-state index contributed by atoms with van der Waals surface area (Å²) in [4.78, 5) is 15.7. The van der Waals surface area contributed by atoms with E-state index in [4.69, 9.17) is 5.73 Å². The van der Waals surface area contributed by atoms with E-state index in [0.717, 1.165) is 22.9 Å². The minimum absolute atomic E-state index is 0.426. The van der Waals surface area contributed by atoms with Crippen LogP contribution in [0.2, 0.25) is 0 Å². The molecule has 0 saturated heterocycles. The van der Waals surface area contributed by atoms with E-state index >= 15 is 0 Å². The van der Waals surface area contributed by atoms with Gasteiger partial charge in [-0.2, -0.15) is 0 Å². The van der Waals surface area contributed by atoms with Crippen LogP contribution in [-0.2, 0) is 0 Å². The Morgan fingerprint density at radius 1 is 1.38 bits per heavy atom. The highest BCUT2D eigenvalue weighted by Gasteiger charge is 2.15. The molecule has 16 heavy (non-hydrogen) atoms. The highest BCUT2D eigenvalue weighted by molar-refractivity contribution is 5.93. The van der Waals surface area contributed by atoms with Gasteiger partial charge in [0.2, 0.25) is 0 Å². The Labute approximate surface area is 92.3 Å². The molecule has 0 atom stereocenters. The molecule has 2 aliphatic rings. The predicted molar refractivity (Wildman–Crippen MR) is 61.0 cm³/mol. The van der Waals surface area contributed by atoms with Crippen LogP contribution in [0, 0.1) is 0 Å². The van der Waals surface area contributed by atoms with Crippen molar-refractivity contribution in [2.24, 2.45) is 10.7 Å². The highest BCUT2D eigenvalue weighted by Crippen LogP contribution is 2.20. The van der Waals surface area contributed by atoms with Crippen LogP contribution < -0.4 is 16.3 Å². The van der Waals surface area contributed by atoms with Gasteiger partial charge in [0.25, 0.3) is 5.91 Å². The molecule has 0 saturated carbocycles. The average Bonchev–Trinajstić information content (AvgIpc) is 2.67. The molecule has 1 aromatic rings. The first kappa shape index (κ1) is 9.09. The van der Waals surface area contributed by atoms with Crippen LogP contribution in [-0.4, -0.2) is 5.91 Å². The first-order chi connectivity index (χ1) is 7.77. The van der Waals surface area contributed by atoms with Gasteiger partial charge in [0.05, 0.1) is 16.6 Å². The maximum atomic E-state index is 11.3. The molecule has 3 heteroatoms. The van der Waals surface area contributed by atoms with Gasteiger partial charge in [0.15, 0.2) is 0 Å². The quantitative estimate of drug-likeness (QED) is 0.717. The number of amides is 1. The smallest absolute Gasteiger partial charge is 0.250 e. The van der Waals surface area contributed by atoms with Crippen molar-refractivity contribution >= 4 is 11.5 Å². The molecule has 2 N–H and O–H groups in total. The Morgan fingerprint density at radius 2 is 2.25 bits per heavy atom. The number of allylic oxidation sites excluding steroid dienone is 3. The normalized spacial score (nSPS) is 16.2. The predicted octanol–water partition coefficient (Wildman–Crippen LogP) is 0.413. The van der Waals surface area contributed by atoms with Gasteiger partial charge >= 0.3 is 0 Å². The molecule has 1 heterocycles. The summed E-state index contributed by atoms with van der Waals surface area (Å²) >= 11 is 0. The van der Waals surface area contributed by atoms with E-state index in [1.807, 2.05) is 12.1 Å². The number of rotatable bonds is 1. The number of fused-ring (bicyclic) bond motifs is 2. The van der Waals surface area contributed by atoms with Crippen molar-refractivity contribution in [2.45, 2.75) is 6.42 Å². The number of primary amides is 1. The first-order valence-corrected chi connectivity index (χ1v) is 5.16. The SMILES string of the molecule is NC(=O)c1cccc2c1=NC1=CCC=CC=21. The van der Waals surface area contributed by atoms with Crippen LogP contribution >= 0.6 is 0 Å². The van der Waals surface area contributed by atoms with Crippen LogP contribution in [0.15, 0.2) is 47.1 Å². The Morgan fingerprint density at radius 3 is 3.06 bits per heavy atom. The largest absolute Gasteiger partial charge is 0.366 e. The summed E-state index contributed by atoms with van der Waals surface area (Å²) in [5.74, 6) is -0.426. The van der Waals surface area contributed by atoms with Crippen molar-refractivity contribution in [3.63, 3.8) is 0 Å². The van der Waals surface area contributed by atoms with Crippen LogP contribution in [0.1, 0.15) is 16.8 Å². The van der Waals surface area contributed by atoms with E-state index in [1.165, 1.54) is 0 Å². The van der Waals surface area contributed by atoms with Crippen LogP contribution in [0.5, 0.6) is 0 Å². The van der Waals surface area contributed by atoms with Gasteiger partial charge in [0, 0.05) is 10.8 Å². The zero-order valence-corrected chi connectivity index (χ0v) is 8.60. The maximum Gasteiger partial charge on any atom is 0.250 e. The standard InChI is InChI=1S/C13H10N2O/c14-13(16)10-6-3-5-9-8-4-1-2-7-11(8)15-12(9)10/h1,3-7H,2H2,(H2,14,16). The van der Waals surface area contributed by atoms with Gasteiger partial charge in [-0.3, -0.25) is 4.79 Å². The van der Waals surface area contributed by atoms with Crippen molar-refractivity contribution in [3.05, 3.63) is 58.3 Å². The summed E-state index contributed by atoms with van der Waals surface area (Å²) < 4.78 is 0. The summed E-state index contributed by atoms with van der Waals surface area (Å²) in [5.41, 5.74) is 7.86. The minimum Gasteiger partial charge on any atom is -0.366 e. The second-order valence-electron chi connectivity index (χ2n) is 3.82. The second kappa shape index (κ2) is 3.17. The number of nitrogens with zero attached hydrogens (tertiary/aromatic N) is 1. The molecule has 0 aromatic heterocycles. The second-order valence-corrected chi connectivity index (χ2v) is 3.82. The van der Waals surface area contributed by atoms with Crippen molar-refractivity contribution in [1.82, 2.24) is 0 Å². The number of carbonyl (C=O) groups is 1. The van der Waals surface area contributed by atoms with Crippen molar-refractivity contribution < 1.29 is 4.79 Å². The zero-order chi connectivity index (χ0) is 11.1. The molecule has 0 spiro atoms. The molecular formula is C13H10N2O. The number of hydrogen-bond acceptors (Lipinski definition) is 2. The molecule has 0 bridgehead atoms. The monoisotopic (exact) mass is 210 g/mol. The van der Waals surface area contributed by atoms with Gasteiger partial charge in [-0.15, -0.1) is 0 Å². The van der Waals surface area contributed by atoms with Crippen molar-refractivity contribution in [2.75, 3.05) is 0 Å². The lowest BCUT2D eigenvalue weighted by Gasteiger charge is -2.01. The first-order valence-electron chi connectivity index (χ1n) is 5.16. The minimum atomic E-state index is -0.426. The van der Waals surface area contributed by atoms with Gasteiger partial charge < -0.3 is 5.73 Å². The average molecular weight is 210 g/mol. The number of carbonyl (C=O) groups excluding carboxylic acids is 1. The summed E-state index contributed by atoms with van der Waals surface area (Å²) in [6, 6.07) is 5.52. The third-order valence-corrected chi connectivity index (χ3v) is 2.83. The van der Waals surface area contributed by atoms with E-state index in [0.29, 0.717) is 10.9 Å². The van der Waals surface area contributed by atoms with E-state index < -0.39 is 5.91 Å². The zero-order valence-electron chi connectivity index (χ0n) is 8.60. The third-order valence-electron chi connectivity index (χ3n) is 2.83. The highest BCUT2D eigenvalue weighted by atomic mass is 16.1. The van der Waals surface area contributed by atoms with Gasteiger partial charge in [-0.1, -0.05) is 30.4 Å². The van der Waals surface area contributed by atoms with E-state index in [2.05, 4.69) is 23.2 Å². The molecule has 0 fully saturated rings. The molecule has 0 unspecified atom stereocenters. The summed E-state index contributed by atoms with van der Waals surface area (Å²) in [7, 11) is 0. The fraction of sp³-hybridized carbons (Fsp3) is 0.0769. The third kappa shape index (κ3) is 1.15. The fourth-order valence-corrected chi connectivity index (χ4v) is 2.10. The van der Waals surface area contributed by atoms with Gasteiger partial charge in [-0.05, 0) is 12.5 Å². The van der Waals surface area contributed by atoms with Crippen molar-refractivity contribution in [1.29, 1.82) is 0 Å². The topological polar surface area (TPSA) is 55.5 Å². The van der Waals surface area contributed by atoms with Crippen molar-refractivity contribution in [3.8, 4) is 0 Å².